The minimum Gasteiger partial charge on any atom is -0.383 e. The van der Waals surface area contributed by atoms with Crippen LogP contribution in [0.15, 0.2) is 29.4 Å². The molecule has 0 aliphatic heterocycles. The Morgan fingerprint density at radius 2 is 2.36 bits per heavy atom. The van der Waals surface area contributed by atoms with E-state index in [2.05, 4.69) is 9.71 Å². The van der Waals surface area contributed by atoms with Gasteiger partial charge in [0.05, 0.1) is 6.61 Å². The van der Waals surface area contributed by atoms with E-state index >= 15 is 0 Å². The smallest absolute Gasteiger partial charge is 0.242 e. The molecule has 1 N–H and O–H groups in total. The number of nitrogens with one attached hydrogen (secondary N) is 1. The minimum atomic E-state index is -3.43. The average molecular weight is 216 g/mol. The number of rotatable bonds is 5. The zero-order chi connectivity index (χ0) is 10.4. The quantitative estimate of drug-likeness (QED) is 0.704. The molecule has 78 valence electrons. The lowest BCUT2D eigenvalue weighted by molar-refractivity contribution is 0.204. The van der Waals surface area contributed by atoms with Gasteiger partial charge in [-0.1, -0.05) is 0 Å². The molecule has 5 nitrogen and oxygen atoms in total. The molecular formula is C8H12N2O3S. The second kappa shape index (κ2) is 5.04. The van der Waals surface area contributed by atoms with Gasteiger partial charge in [0.15, 0.2) is 0 Å². The summed E-state index contributed by atoms with van der Waals surface area (Å²) in [7, 11) is -1.91. The van der Waals surface area contributed by atoms with Crippen molar-refractivity contribution in [2.24, 2.45) is 0 Å². The van der Waals surface area contributed by atoms with E-state index in [4.69, 9.17) is 4.74 Å². The Labute approximate surface area is 83.2 Å². The van der Waals surface area contributed by atoms with Gasteiger partial charge in [0, 0.05) is 26.0 Å². The number of hydrogen-bond donors (Lipinski definition) is 1. The SMILES string of the molecule is COCCNS(=O)(=O)c1cccnc1. The fourth-order valence-corrected chi connectivity index (χ4v) is 1.84. The van der Waals surface area contributed by atoms with Crippen molar-refractivity contribution >= 4 is 10.0 Å². The first-order chi connectivity index (χ1) is 6.67. The molecule has 6 heteroatoms. The molecule has 1 aromatic rings. The number of methoxy groups -OCH3 is 1. The molecule has 0 aliphatic carbocycles. The van der Waals surface area contributed by atoms with Gasteiger partial charge < -0.3 is 4.74 Å². The van der Waals surface area contributed by atoms with Crippen LogP contribution in [-0.4, -0.2) is 33.7 Å². The van der Waals surface area contributed by atoms with Crippen molar-refractivity contribution in [3.63, 3.8) is 0 Å². The Balaban J connectivity index is 2.67. The second-order valence-electron chi connectivity index (χ2n) is 2.58. The summed E-state index contributed by atoms with van der Waals surface area (Å²) in [6, 6.07) is 3.06. The van der Waals surface area contributed by atoms with Crippen LogP contribution in [0.5, 0.6) is 0 Å². The Hall–Kier alpha value is -0.980. The van der Waals surface area contributed by atoms with Gasteiger partial charge in [-0.15, -0.1) is 0 Å². The van der Waals surface area contributed by atoms with Crippen molar-refractivity contribution in [1.29, 1.82) is 0 Å². The predicted molar refractivity (Wildman–Crippen MR) is 51.3 cm³/mol. The van der Waals surface area contributed by atoms with Crippen molar-refractivity contribution in [2.45, 2.75) is 4.90 Å². The summed E-state index contributed by atoms with van der Waals surface area (Å²) in [5.41, 5.74) is 0. The summed E-state index contributed by atoms with van der Waals surface area (Å²) in [6.45, 7) is 0.604. The zero-order valence-corrected chi connectivity index (χ0v) is 8.62. The highest BCUT2D eigenvalue weighted by molar-refractivity contribution is 7.89. The van der Waals surface area contributed by atoms with Crippen molar-refractivity contribution in [3.8, 4) is 0 Å². The molecule has 0 bridgehead atoms. The van der Waals surface area contributed by atoms with Crippen LogP contribution in [0.4, 0.5) is 0 Å². The maximum absolute atomic E-state index is 11.5. The first-order valence-electron chi connectivity index (χ1n) is 4.05. The Morgan fingerprint density at radius 3 is 2.93 bits per heavy atom. The third kappa shape index (κ3) is 3.06. The van der Waals surface area contributed by atoms with Gasteiger partial charge in [0.25, 0.3) is 0 Å². The van der Waals surface area contributed by atoms with Gasteiger partial charge in [0.1, 0.15) is 4.90 Å². The van der Waals surface area contributed by atoms with E-state index in [1.165, 1.54) is 25.6 Å². The average Bonchev–Trinajstić information content (AvgIpc) is 2.19. The number of ether oxygens (including phenoxy) is 1. The molecule has 14 heavy (non-hydrogen) atoms. The summed E-state index contributed by atoms with van der Waals surface area (Å²) in [4.78, 5) is 3.89. The van der Waals surface area contributed by atoms with Gasteiger partial charge in [-0.3, -0.25) is 4.98 Å². The third-order valence-electron chi connectivity index (χ3n) is 1.54. The number of sulfonamides is 1. The lowest BCUT2D eigenvalue weighted by atomic mass is 10.5. The van der Waals surface area contributed by atoms with E-state index in [0.29, 0.717) is 6.61 Å². The number of pyridine rings is 1. The molecule has 1 aromatic heterocycles. The maximum atomic E-state index is 11.5. The maximum Gasteiger partial charge on any atom is 0.242 e. The molecular weight excluding hydrogens is 204 g/mol. The second-order valence-corrected chi connectivity index (χ2v) is 4.35. The van der Waals surface area contributed by atoms with Gasteiger partial charge in [-0.05, 0) is 12.1 Å². The molecule has 0 fully saturated rings. The van der Waals surface area contributed by atoms with Crippen molar-refractivity contribution in [2.75, 3.05) is 20.3 Å². The topological polar surface area (TPSA) is 68.3 Å². The van der Waals surface area contributed by atoms with Gasteiger partial charge in [0.2, 0.25) is 10.0 Å². The van der Waals surface area contributed by atoms with E-state index in [0.717, 1.165) is 0 Å². The molecule has 0 atom stereocenters. The van der Waals surface area contributed by atoms with Crippen LogP contribution >= 0.6 is 0 Å². The van der Waals surface area contributed by atoms with Crippen LogP contribution in [0.3, 0.4) is 0 Å². The third-order valence-corrected chi connectivity index (χ3v) is 2.99. The molecule has 0 saturated heterocycles. The minimum absolute atomic E-state index is 0.163. The Kier molecular flexibility index (Phi) is 3.99. The highest BCUT2D eigenvalue weighted by Gasteiger charge is 2.12. The number of nitrogens with zero attached hydrogens (tertiary/aromatic N) is 1. The predicted octanol–water partition coefficient (Wildman–Crippen LogP) is 0.00630. The van der Waals surface area contributed by atoms with Gasteiger partial charge in [-0.25, -0.2) is 13.1 Å². The van der Waals surface area contributed by atoms with Gasteiger partial charge >= 0.3 is 0 Å². The molecule has 0 spiro atoms. The fraction of sp³-hybridized carbons (Fsp3) is 0.375. The normalized spacial score (nSPS) is 11.5. The monoisotopic (exact) mass is 216 g/mol. The van der Waals surface area contributed by atoms with Crippen molar-refractivity contribution in [1.82, 2.24) is 9.71 Å². The molecule has 0 amide bonds. The van der Waals surface area contributed by atoms with E-state index < -0.39 is 10.0 Å². The van der Waals surface area contributed by atoms with E-state index in [1.807, 2.05) is 0 Å². The lowest BCUT2D eigenvalue weighted by Gasteiger charge is -2.04. The first kappa shape index (κ1) is 11.1. The molecule has 0 aliphatic rings. The highest BCUT2D eigenvalue weighted by atomic mass is 32.2. The fourth-order valence-electron chi connectivity index (χ4n) is 0.867. The molecule has 1 heterocycles. The number of aromatic nitrogens is 1. The largest absolute Gasteiger partial charge is 0.383 e. The van der Waals surface area contributed by atoms with Crippen LogP contribution in [0.25, 0.3) is 0 Å². The summed E-state index contributed by atoms with van der Waals surface area (Å²) < 4.78 is 30.1. The summed E-state index contributed by atoms with van der Waals surface area (Å²) >= 11 is 0. The molecule has 0 aromatic carbocycles. The number of hydrogen-bond acceptors (Lipinski definition) is 4. The lowest BCUT2D eigenvalue weighted by Crippen LogP contribution is -2.27. The highest BCUT2D eigenvalue weighted by Crippen LogP contribution is 2.04. The molecule has 0 unspecified atom stereocenters. The zero-order valence-electron chi connectivity index (χ0n) is 7.80. The standard InChI is InChI=1S/C8H12N2O3S/c1-13-6-5-10-14(11,12)8-3-2-4-9-7-8/h2-4,7,10H,5-6H2,1H3. The van der Waals surface area contributed by atoms with E-state index in [-0.39, 0.29) is 11.4 Å². The van der Waals surface area contributed by atoms with Crippen LogP contribution in [0.2, 0.25) is 0 Å². The molecule has 0 saturated carbocycles. The van der Waals surface area contributed by atoms with Crippen molar-refractivity contribution < 1.29 is 13.2 Å². The molecule has 1 rings (SSSR count). The van der Waals surface area contributed by atoms with Crippen LogP contribution in [0.1, 0.15) is 0 Å². The summed E-state index contributed by atoms with van der Waals surface area (Å²) in [5.74, 6) is 0. The first-order valence-corrected chi connectivity index (χ1v) is 5.54. The van der Waals surface area contributed by atoms with Crippen molar-refractivity contribution in [3.05, 3.63) is 24.5 Å². The molecule has 0 radical (unpaired) electrons. The summed E-state index contributed by atoms with van der Waals surface area (Å²) in [6.07, 6.45) is 2.82. The Morgan fingerprint density at radius 1 is 1.57 bits per heavy atom. The Bertz CT molecular complexity index is 363. The van der Waals surface area contributed by atoms with Crippen LogP contribution < -0.4 is 4.72 Å². The van der Waals surface area contributed by atoms with Gasteiger partial charge in [-0.2, -0.15) is 0 Å². The van der Waals surface area contributed by atoms with E-state index in [1.54, 1.807) is 6.07 Å². The van der Waals surface area contributed by atoms with Crippen LogP contribution in [0, 0.1) is 0 Å². The van der Waals surface area contributed by atoms with Crippen LogP contribution in [-0.2, 0) is 14.8 Å². The summed E-state index contributed by atoms with van der Waals surface area (Å²) in [5, 5.41) is 0. The van der Waals surface area contributed by atoms with E-state index in [9.17, 15) is 8.42 Å².